The average molecular weight is 578 g/mol. The molecule has 2 aromatic rings. The first-order valence-corrected chi connectivity index (χ1v) is 12.5. The number of aryl methyl sites for hydroxylation is 1. The van der Waals surface area contributed by atoms with Crippen molar-refractivity contribution in [2.75, 3.05) is 40.3 Å². The number of benzene rings is 1. The maximum Gasteiger partial charge on any atom is 0.243 e. The molecule has 1 saturated heterocycles. The number of guanidine groups is 1. The van der Waals surface area contributed by atoms with Crippen molar-refractivity contribution in [3.8, 4) is 0 Å². The zero-order valence-corrected chi connectivity index (χ0v) is 22.3. The summed E-state index contributed by atoms with van der Waals surface area (Å²) in [5, 5.41) is 6.56. The largest absolute Gasteiger partial charge is 0.352 e. The fraction of sp³-hybridized carbons (Fsp3) is 0.476. The Morgan fingerprint density at radius 2 is 1.68 bits per heavy atom. The SMILES string of the molecule is CCc1ccc(CNC(=NC)NCc2ccccc2S(=O)(=O)N2CCN(C)CC2)s1.I. The lowest BCUT2D eigenvalue weighted by atomic mass is 10.2. The molecule has 2 heterocycles. The molecular formula is C21H32IN5O2S2. The Kier molecular flexibility index (Phi) is 10.2. The van der Waals surface area contributed by atoms with Gasteiger partial charge in [-0.25, -0.2) is 8.42 Å². The first-order valence-electron chi connectivity index (χ1n) is 10.2. The molecule has 0 bridgehead atoms. The molecule has 0 unspecified atom stereocenters. The predicted molar refractivity (Wildman–Crippen MR) is 139 cm³/mol. The molecule has 1 aromatic heterocycles. The molecule has 0 amide bonds. The summed E-state index contributed by atoms with van der Waals surface area (Å²) in [5.74, 6) is 0.647. The number of halogens is 1. The Hall–Kier alpha value is -1.21. The third kappa shape index (κ3) is 6.88. The second-order valence-electron chi connectivity index (χ2n) is 7.32. The van der Waals surface area contributed by atoms with E-state index in [-0.39, 0.29) is 24.0 Å². The van der Waals surface area contributed by atoms with Gasteiger partial charge in [0.25, 0.3) is 0 Å². The Labute approximate surface area is 207 Å². The fourth-order valence-electron chi connectivity index (χ4n) is 3.35. The molecule has 0 spiro atoms. The highest BCUT2D eigenvalue weighted by molar-refractivity contribution is 14.0. The number of likely N-dealkylation sites (N-methyl/N-ethyl adjacent to an activating group) is 1. The number of sulfonamides is 1. The summed E-state index contributed by atoms with van der Waals surface area (Å²) in [5.41, 5.74) is 0.740. The summed E-state index contributed by atoms with van der Waals surface area (Å²) >= 11 is 1.79. The standard InChI is InChI=1S/C21H31N5O2S2.HI/c1-4-18-9-10-19(29-18)16-24-21(22-2)23-15-17-7-5-6-8-20(17)30(27,28)26-13-11-25(3)12-14-26;/h5-10H,4,11-16H2,1-3H3,(H2,22,23,24);1H. The van der Waals surface area contributed by atoms with Crippen LogP contribution in [0, 0.1) is 0 Å². The highest BCUT2D eigenvalue weighted by atomic mass is 127. The maximum absolute atomic E-state index is 13.2. The first-order chi connectivity index (χ1) is 14.4. The predicted octanol–water partition coefficient (Wildman–Crippen LogP) is 2.73. The van der Waals surface area contributed by atoms with E-state index < -0.39 is 10.0 Å². The summed E-state index contributed by atoms with van der Waals surface area (Å²) in [6, 6.07) is 11.5. The van der Waals surface area contributed by atoms with Crippen molar-refractivity contribution in [3.63, 3.8) is 0 Å². The van der Waals surface area contributed by atoms with Gasteiger partial charge in [-0.05, 0) is 37.2 Å². The second-order valence-corrected chi connectivity index (χ2v) is 10.5. The Morgan fingerprint density at radius 3 is 2.32 bits per heavy atom. The number of hydrogen-bond donors (Lipinski definition) is 2. The van der Waals surface area contributed by atoms with Crippen molar-refractivity contribution in [1.29, 1.82) is 0 Å². The molecule has 0 saturated carbocycles. The van der Waals surface area contributed by atoms with E-state index in [2.05, 4.69) is 39.6 Å². The molecular weight excluding hydrogens is 545 g/mol. The van der Waals surface area contributed by atoms with Crippen LogP contribution >= 0.6 is 35.3 Å². The third-order valence-corrected chi connectivity index (χ3v) is 8.45. The molecule has 0 radical (unpaired) electrons. The van der Waals surface area contributed by atoms with E-state index in [1.165, 1.54) is 9.75 Å². The van der Waals surface area contributed by atoms with Crippen LogP contribution in [0.15, 0.2) is 46.3 Å². The van der Waals surface area contributed by atoms with Gasteiger partial charge >= 0.3 is 0 Å². The summed E-state index contributed by atoms with van der Waals surface area (Å²) in [7, 11) is 0.212. The molecule has 0 aliphatic carbocycles. The summed E-state index contributed by atoms with van der Waals surface area (Å²) in [4.78, 5) is 9.38. The number of rotatable bonds is 7. The third-order valence-electron chi connectivity index (χ3n) is 5.22. The van der Waals surface area contributed by atoms with Crippen LogP contribution in [0.4, 0.5) is 0 Å². The van der Waals surface area contributed by atoms with Gasteiger partial charge < -0.3 is 15.5 Å². The van der Waals surface area contributed by atoms with Crippen LogP contribution in [0.25, 0.3) is 0 Å². The van der Waals surface area contributed by atoms with Gasteiger partial charge in [-0.15, -0.1) is 35.3 Å². The van der Waals surface area contributed by atoms with E-state index in [1.54, 1.807) is 34.8 Å². The average Bonchev–Trinajstić information content (AvgIpc) is 3.22. The minimum absolute atomic E-state index is 0. The van der Waals surface area contributed by atoms with E-state index in [9.17, 15) is 8.42 Å². The molecule has 31 heavy (non-hydrogen) atoms. The van der Waals surface area contributed by atoms with Gasteiger partial charge in [0.2, 0.25) is 10.0 Å². The molecule has 3 rings (SSSR count). The van der Waals surface area contributed by atoms with Crippen molar-refractivity contribution in [1.82, 2.24) is 19.8 Å². The van der Waals surface area contributed by atoms with Crippen LogP contribution in [-0.2, 0) is 29.5 Å². The van der Waals surface area contributed by atoms with Crippen molar-refractivity contribution < 1.29 is 8.42 Å². The molecule has 10 heteroatoms. The quantitative estimate of drug-likeness (QED) is 0.301. The second kappa shape index (κ2) is 12.1. The Balaban J connectivity index is 0.00000341. The van der Waals surface area contributed by atoms with Crippen molar-refractivity contribution in [3.05, 3.63) is 51.7 Å². The van der Waals surface area contributed by atoms with Crippen LogP contribution in [0.2, 0.25) is 0 Å². The van der Waals surface area contributed by atoms with E-state index in [1.807, 2.05) is 19.2 Å². The lowest BCUT2D eigenvalue weighted by molar-refractivity contribution is 0.222. The van der Waals surface area contributed by atoms with Crippen molar-refractivity contribution in [2.24, 2.45) is 4.99 Å². The van der Waals surface area contributed by atoms with E-state index in [4.69, 9.17) is 0 Å². The monoisotopic (exact) mass is 577 g/mol. The number of nitrogens with zero attached hydrogens (tertiary/aromatic N) is 3. The molecule has 7 nitrogen and oxygen atoms in total. The van der Waals surface area contributed by atoms with Crippen LogP contribution in [0.3, 0.4) is 0 Å². The number of thiophene rings is 1. The number of hydrogen-bond acceptors (Lipinski definition) is 5. The topological polar surface area (TPSA) is 77.0 Å². The zero-order chi connectivity index (χ0) is 21.6. The zero-order valence-electron chi connectivity index (χ0n) is 18.3. The van der Waals surface area contributed by atoms with Crippen LogP contribution in [0.5, 0.6) is 0 Å². The number of aliphatic imine (C=N–C) groups is 1. The molecule has 1 aliphatic heterocycles. The summed E-state index contributed by atoms with van der Waals surface area (Å²) in [6.45, 7) is 5.75. The minimum atomic E-state index is -3.52. The molecule has 1 aromatic carbocycles. The summed E-state index contributed by atoms with van der Waals surface area (Å²) in [6.07, 6.45) is 1.04. The maximum atomic E-state index is 13.2. The van der Waals surface area contributed by atoms with Gasteiger partial charge in [0, 0.05) is 49.5 Å². The van der Waals surface area contributed by atoms with Crippen LogP contribution in [-0.4, -0.2) is 63.9 Å². The number of piperazine rings is 1. The van der Waals surface area contributed by atoms with Gasteiger partial charge in [-0.1, -0.05) is 25.1 Å². The van der Waals surface area contributed by atoms with Crippen molar-refractivity contribution >= 4 is 51.3 Å². The van der Waals surface area contributed by atoms with Gasteiger partial charge in [-0.3, -0.25) is 4.99 Å². The normalized spacial score (nSPS) is 16.0. The molecule has 1 fully saturated rings. The highest BCUT2D eigenvalue weighted by Crippen LogP contribution is 2.21. The summed E-state index contributed by atoms with van der Waals surface area (Å²) < 4.78 is 28.0. The van der Waals surface area contributed by atoms with Gasteiger partial charge in [0.05, 0.1) is 11.4 Å². The minimum Gasteiger partial charge on any atom is -0.352 e. The fourth-order valence-corrected chi connectivity index (χ4v) is 5.89. The lowest BCUT2D eigenvalue weighted by Crippen LogP contribution is -2.47. The van der Waals surface area contributed by atoms with E-state index in [0.29, 0.717) is 37.0 Å². The van der Waals surface area contributed by atoms with Gasteiger partial charge in [0.1, 0.15) is 0 Å². The molecule has 0 atom stereocenters. The molecule has 172 valence electrons. The van der Waals surface area contributed by atoms with Crippen molar-refractivity contribution in [2.45, 2.75) is 31.3 Å². The van der Waals surface area contributed by atoms with E-state index in [0.717, 1.165) is 25.1 Å². The highest BCUT2D eigenvalue weighted by Gasteiger charge is 2.29. The Bertz CT molecular complexity index is 970. The number of nitrogens with one attached hydrogen (secondary N) is 2. The van der Waals surface area contributed by atoms with Gasteiger partial charge in [-0.2, -0.15) is 4.31 Å². The van der Waals surface area contributed by atoms with E-state index >= 15 is 0 Å². The first kappa shape index (κ1) is 26.0. The van der Waals surface area contributed by atoms with Gasteiger partial charge in [0.15, 0.2) is 5.96 Å². The molecule has 2 N–H and O–H groups in total. The van der Waals surface area contributed by atoms with Crippen LogP contribution < -0.4 is 10.6 Å². The molecule has 1 aliphatic rings. The smallest absolute Gasteiger partial charge is 0.243 e. The van der Waals surface area contributed by atoms with Crippen LogP contribution in [0.1, 0.15) is 22.2 Å². The Morgan fingerprint density at radius 1 is 1.03 bits per heavy atom. The lowest BCUT2D eigenvalue weighted by Gasteiger charge is -2.32.